The Kier molecular flexibility index (Phi) is 4.71. The minimum Gasteiger partial charge on any atom is -0.322 e. The van der Waals surface area contributed by atoms with Crippen LogP contribution in [0.1, 0.15) is 28.7 Å². The van der Waals surface area contributed by atoms with Gasteiger partial charge in [-0.05, 0) is 52.5 Å². The Labute approximate surface area is 159 Å². The van der Waals surface area contributed by atoms with E-state index >= 15 is 0 Å². The Morgan fingerprint density at radius 3 is 2.48 bits per heavy atom. The lowest BCUT2D eigenvalue weighted by Gasteiger charge is -2.18. The third-order valence-electron chi connectivity index (χ3n) is 4.80. The van der Waals surface area contributed by atoms with Gasteiger partial charge in [0.25, 0.3) is 5.91 Å². The summed E-state index contributed by atoms with van der Waals surface area (Å²) in [6.07, 6.45) is 3.39. The summed E-state index contributed by atoms with van der Waals surface area (Å²) in [7, 11) is 0. The number of anilines is 1. The van der Waals surface area contributed by atoms with Gasteiger partial charge in [-0.25, -0.2) is 0 Å². The van der Waals surface area contributed by atoms with Crippen LogP contribution >= 0.6 is 0 Å². The number of hydrogen-bond donors (Lipinski definition) is 1. The Morgan fingerprint density at radius 1 is 0.889 bits per heavy atom. The van der Waals surface area contributed by atoms with Gasteiger partial charge in [0.05, 0.1) is 0 Å². The van der Waals surface area contributed by atoms with Crippen molar-refractivity contribution in [2.24, 2.45) is 0 Å². The topological polar surface area (TPSA) is 29.1 Å². The zero-order valence-corrected chi connectivity index (χ0v) is 15.1. The average Bonchev–Trinajstić information content (AvgIpc) is 2.69. The molecule has 1 amide bonds. The molecule has 0 fully saturated rings. The number of allylic oxidation sites excluding steroid dienone is 1. The van der Waals surface area contributed by atoms with E-state index in [4.69, 9.17) is 0 Å². The van der Waals surface area contributed by atoms with Gasteiger partial charge in [-0.3, -0.25) is 4.79 Å². The molecule has 1 N–H and O–H groups in total. The van der Waals surface area contributed by atoms with Gasteiger partial charge in [0.1, 0.15) is 0 Å². The Balaban J connectivity index is 1.51. The first-order chi connectivity index (χ1) is 13.2. The maximum Gasteiger partial charge on any atom is 0.251 e. The number of nitrogens with one attached hydrogen (secondary N) is 1. The predicted octanol–water partition coefficient (Wildman–Crippen LogP) is 5.72. The molecule has 1 aliphatic rings. The van der Waals surface area contributed by atoms with E-state index in [1.54, 1.807) is 0 Å². The van der Waals surface area contributed by atoms with Crippen molar-refractivity contribution < 1.29 is 4.79 Å². The second-order valence-electron chi connectivity index (χ2n) is 6.85. The van der Waals surface area contributed by atoms with Crippen LogP contribution in [-0.2, 0) is 11.2 Å². The van der Waals surface area contributed by atoms with E-state index in [2.05, 4.69) is 36.2 Å². The summed E-state index contributed by atoms with van der Waals surface area (Å²) in [5, 5.41) is 3.04. The molecule has 0 saturated carbocycles. The molecule has 132 valence electrons. The highest BCUT2D eigenvalue weighted by Crippen LogP contribution is 2.32. The van der Waals surface area contributed by atoms with Crippen molar-refractivity contribution in [2.45, 2.75) is 12.8 Å². The number of rotatable bonds is 4. The van der Waals surface area contributed by atoms with Crippen LogP contribution in [0.4, 0.5) is 5.69 Å². The number of hydrogen-bond acceptors (Lipinski definition) is 1. The Bertz CT molecular complexity index is 1030. The van der Waals surface area contributed by atoms with Crippen molar-refractivity contribution in [1.82, 2.24) is 0 Å². The molecule has 3 aromatic rings. The van der Waals surface area contributed by atoms with Crippen molar-refractivity contribution in [1.29, 1.82) is 0 Å². The number of amides is 1. The molecule has 0 heterocycles. The first-order valence-corrected chi connectivity index (χ1v) is 9.11. The largest absolute Gasteiger partial charge is 0.322 e. The lowest BCUT2D eigenvalue weighted by Crippen LogP contribution is -2.16. The summed E-state index contributed by atoms with van der Waals surface area (Å²) < 4.78 is 0. The number of carbonyl (C=O) groups is 1. The number of benzene rings is 3. The lowest BCUT2D eigenvalue weighted by atomic mass is 9.88. The Hall–Kier alpha value is -3.39. The molecule has 0 saturated heterocycles. The molecule has 27 heavy (non-hydrogen) atoms. The van der Waals surface area contributed by atoms with E-state index in [-0.39, 0.29) is 5.91 Å². The number of carbonyl (C=O) groups excluding carboxylic acids is 1. The van der Waals surface area contributed by atoms with Crippen molar-refractivity contribution in [3.05, 3.63) is 113 Å². The Morgan fingerprint density at radius 2 is 1.63 bits per heavy atom. The first kappa shape index (κ1) is 17.0. The minimum atomic E-state index is -0.0671. The van der Waals surface area contributed by atoms with Gasteiger partial charge in [-0.15, -0.1) is 0 Å². The SMILES string of the molecule is C=C1CC(C(=O)Nc2cccc(Cc3ccccc3)c2)=Cc2ccccc21. The van der Waals surface area contributed by atoms with Gasteiger partial charge in [0.2, 0.25) is 0 Å². The zero-order valence-electron chi connectivity index (χ0n) is 15.1. The molecule has 0 aromatic heterocycles. The van der Waals surface area contributed by atoms with Gasteiger partial charge in [-0.2, -0.15) is 0 Å². The third-order valence-corrected chi connectivity index (χ3v) is 4.80. The smallest absolute Gasteiger partial charge is 0.251 e. The van der Waals surface area contributed by atoms with E-state index in [0.29, 0.717) is 6.42 Å². The van der Waals surface area contributed by atoms with Crippen LogP contribution in [-0.4, -0.2) is 5.91 Å². The van der Waals surface area contributed by atoms with Crippen LogP contribution in [0, 0.1) is 0 Å². The van der Waals surface area contributed by atoms with E-state index in [9.17, 15) is 4.79 Å². The van der Waals surface area contributed by atoms with Crippen molar-refractivity contribution in [3.63, 3.8) is 0 Å². The van der Waals surface area contributed by atoms with E-state index in [0.717, 1.165) is 34.4 Å². The quantitative estimate of drug-likeness (QED) is 0.640. The first-order valence-electron chi connectivity index (χ1n) is 9.11. The monoisotopic (exact) mass is 351 g/mol. The fraction of sp³-hybridized carbons (Fsp3) is 0.0800. The van der Waals surface area contributed by atoms with Gasteiger partial charge in [0.15, 0.2) is 0 Å². The van der Waals surface area contributed by atoms with Crippen molar-refractivity contribution in [2.75, 3.05) is 5.32 Å². The normalized spacial score (nSPS) is 12.9. The van der Waals surface area contributed by atoms with Crippen LogP contribution in [0.25, 0.3) is 11.6 Å². The fourth-order valence-electron chi connectivity index (χ4n) is 3.46. The van der Waals surface area contributed by atoms with Crippen molar-refractivity contribution >= 4 is 23.2 Å². The van der Waals surface area contributed by atoms with Crippen LogP contribution in [0.2, 0.25) is 0 Å². The molecule has 1 aliphatic carbocycles. The van der Waals surface area contributed by atoms with Crippen LogP contribution in [0.5, 0.6) is 0 Å². The predicted molar refractivity (Wildman–Crippen MR) is 112 cm³/mol. The van der Waals surface area contributed by atoms with Gasteiger partial charge in [0, 0.05) is 17.7 Å². The molecule has 0 bridgehead atoms. The molecular weight excluding hydrogens is 330 g/mol. The second kappa shape index (κ2) is 7.46. The van der Waals surface area contributed by atoms with Gasteiger partial charge >= 0.3 is 0 Å². The maximum absolute atomic E-state index is 12.8. The molecule has 0 aliphatic heterocycles. The molecule has 0 atom stereocenters. The highest BCUT2D eigenvalue weighted by Gasteiger charge is 2.18. The molecule has 3 aromatic carbocycles. The highest BCUT2D eigenvalue weighted by atomic mass is 16.1. The molecule has 4 rings (SSSR count). The minimum absolute atomic E-state index is 0.0671. The second-order valence-corrected chi connectivity index (χ2v) is 6.85. The summed E-state index contributed by atoms with van der Waals surface area (Å²) in [5.41, 5.74) is 7.15. The third kappa shape index (κ3) is 3.90. The molecule has 0 unspecified atom stereocenters. The molecule has 2 nitrogen and oxygen atoms in total. The van der Waals surface area contributed by atoms with Crippen molar-refractivity contribution in [3.8, 4) is 0 Å². The average molecular weight is 351 g/mol. The van der Waals surface area contributed by atoms with E-state index in [1.807, 2.05) is 60.7 Å². The molecule has 0 radical (unpaired) electrons. The van der Waals surface area contributed by atoms with E-state index in [1.165, 1.54) is 11.1 Å². The summed E-state index contributed by atoms with van der Waals surface area (Å²) in [6, 6.07) is 26.4. The maximum atomic E-state index is 12.8. The van der Waals surface area contributed by atoms with Crippen LogP contribution < -0.4 is 5.32 Å². The summed E-state index contributed by atoms with van der Waals surface area (Å²) in [4.78, 5) is 12.8. The summed E-state index contributed by atoms with van der Waals surface area (Å²) >= 11 is 0. The van der Waals surface area contributed by atoms with Crippen LogP contribution in [0.3, 0.4) is 0 Å². The lowest BCUT2D eigenvalue weighted by molar-refractivity contribution is -0.112. The van der Waals surface area contributed by atoms with Gasteiger partial charge < -0.3 is 5.32 Å². The number of fused-ring (bicyclic) bond motifs is 1. The molecular formula is C25H21NO. The van der Waals surface area contributed by atoms with Gasteiger partial charge in [-0.1, -0.05) is 73.3 Å². The van der Waals surface area contributed by atoms with Crippen LogP contribution in [0.15, 0.2) is 91.0 Å². The standard InChI is InChI=1S/C25H21NO/c1-18-14-22(17-21-11-5-6-13-24(18)21)25(27)26-23-12-7-10-20(16-23)15-19-8-3-2-4-9-19/h2-13,16-17H,1,14-15H2,(H,26,27). The van der Waals surface area contributed by atoms with E-state index < -0.39 is 0 Å². The molecule has 2 heteroatoms. The fourth-order valence-corrected chi connectivity index (χ4v) is 3.46. The zero-order chi connectivity index (χ0) is 18.6. The molecule has 0 spiro atoms. The highest BCUT2D eigenvalue weighted by molar-refractivity contribution is 6.09. The summed E-state index contributed by atoms with van der Waals surface area (Å²) in [6.45, 7) is 4.14. The summed E-state index contributed by atoms with van der Waals surface area (Å²) in [5.74, 6) is -0.0671.